The van der Waals surface area contributed by atoms with Crippen LogP contribution in [0.2, 0.25) is 0 Å². The zero-order valence-electron chi connectivity index (χ0n) is 21.8. The van der Waals surface area contributed by atoms with Gasteiger partial charge in [0.1, 0.15) is 15.5 Å². The minimum Gasteiger partial charge on any atom is -0.497 e. The van der Waals surface area contributed by atoms with Crippen LogP contribution in [-0.4, -0.2) is 54.0 Å². The highest BCUT2D eigenvalue weighted by atomic mass is 32.1. The number of amides is 1. The van der Waals surface area contributed by atoms with E-state index >= 15 is 0 Å². The Labute approximate surface area is 232 Å². The maximum Gasteiger partial charge on any atom is 0.266 e. The van der Waals surface area contributed by atoms with Crippen molar-refractivity contribution >= 4 is 33.1 Å². The standard InChI is InChI=1S/C32H30N4O2S/c1-38-25-14-12-23(13-15-25)26-20-27(24-10-6-3-7-11-24)34-31-28(26)29(33)30(39-31)32(37)36-18-16-35(17-19-36)21-22-8-4-2-5-9-22/h2-15,20H,16-19,21,33H2,1H3. The Bertz CT molecular complexity index is 1590. The Morgan fingerprint density at radius 1 is 0.897 bits per heavy atom. The van der Waals surface area contributed by atoms with Crippen molar-refractivity contribution < 1.29 is 9.53 Å². The van der Waals surface area contributed by atoms with Gasteiger partial charge in [-0.2, -0.15) is 0 Å². The van der Waals surface area contributed by atoms with E-state index in [9.17, 15) is 4.79 Å². The number of nitrogens with zero attached hydrogens (tertiary/aromatic N) is 3. The van der Waals surface area contributed by atoms with Gasteiger partial charge in [0.2, 0.25) is 0 Å². The molecule has 1 aliphatic heterocycles. The summed E-state index contributed by atoms with van der Waals surface area (Å²) in [4.78, 5) is 24.4. The number of carbonyl (C=O) groups excluding carboxylic acids is 1. The second-order valence-electron chi connectivity index (χ2n) is 9.73. The van der Waals surface area contributed by atoms with Crippen molar-refractivity contribution in [2.45, 2.75) is 6.54 Å². The topological polar surface area (TPSA) is 71.7 Å². The normalized spacial score (nSPS) is 14.0. The predicted molar refractivity (Wildman–Crippen MR) is 159 cm³/mol. The van der Waals surface area contributed by atoms with Gasteiger partial charge in [0.25, 0.3) is 5.91 Å². The molecular weight excluding hydrogens is 504 g/mol. The Morgan fingerprint density at radius 3 is 2.23 bits per heavy atom. The number of hydrogen-bond acceptors (Lipinski definition) is 6. The highest BCUT2D eigenvalue weighted by Crippen LogP contribution is 2.42. The second-order valence-corrected chi connectivity index (χ2v) is 10.7. The molecule has 1 saturated heterocycles. The number of nitrogen functional groups attached to an aromatic ring is 1. The fourth-order valence-corrected chi connectivity index (χ4v) is 6.22. The number of methoxy groups -OCH3 is 1. The van der Waals surface area contributed by atoms with Crippen molar-refractivity contribution in [2.75, 3.05) is 39.0 Å². The van der Waals surface area contributed by atoms with Crippen LogP contribution in [0.5, 0.6) is 5.75 Å². The third-order valence-corrected chi connectivity index (χ3v) is 8.36. The van der Waals surface area contributed by atoms with Crippen LogP contribution >= 0.6 is 11.3 Å². The molecule has 0 bridgehead atoms. The van der Waals surface area contributed by atoms with Crippen LogP contribution in [0.15, 0.2) is 91.0 Å². The number of fused-ring (bicyclic) bond motifs is 1. The summed E-state index contributed by atoms with van der Waals surface area (Å²) in [5.74, 6) is 0.768. The van der Waals surface area contributed by atoms with Crippen molar-refractivity contribution in [1.82, 2.24) is 14.8 Å². The lowest BCUT2D eigenvalue weighted by Crippen LogP contribution is -2.48. The van der Waals surface area contributed by atoms with E-state index in [4.69, 9.17) is 15.5 Å². The zero-order valence-corrected chi connectivity index (χ0v) is 22.7. The number of benzene rings is 3. The van der Waals surface area contributed by atoms with Crippen LogP contribution in [0.25, 0.3) is 32.6 Å². The van der Waals surface area contributed by atoms with Crippen LogP contribution in [0.3, 0.4) is 0 Å². The Kier molecular flexibility index (Phi) is 7.00. The lowest BCUT2D eigenvalue weighted by molar-refractivity contribution is 0.0634. The van der Waals surface area contributed by atoms with Crippen LogP contribution in [0.1, 0.15) is 15.2 Å². The molecule has 2 aromatic heterocycles. The van der Waals surface area contributed by atoms with E-state index in [1.807, 2.05) is 65.6 Å². The molecule has 0 unspecified atom stereocenters. The molecule has 3 aromatic carbocycles. The summed E-state index contributed by atoms with van der Waals surface area (Å²) in [6.07, 6.45) is 0. The van der Waals surface area contributed by atoms with Gasteiger partial charge < -0.3 is 15.4 Å². The second kappa shape index (κ2) is 10.9. The van der Waals surface area contributed by atoms with E-state index in [-0.39, 0.29) is 5.91 Å². The molecule has 3 heterocycles. The Morgan fingerprint density at radius 2 is 1.56 bits per heavy atom. The van der Waals surface area contributed by atoms with Gasteiger partial charge in [-0.05, 0) is 34.9 Å². The first-order valence-electron chi connectivity index (χ1n) is 13.1. The fourth-order valence-electron chi connectivity index (χ4n) is 5.13. The highest BCUT2D eigenvalue weighted by molar-refractivity contribution is 7.21. The van der Waals surface area contributed by atoms with Gasteiger partial charge in [0, 0.05) is 43.7 Å². The molecule has 6 rings (SSSR count). The van der Waals surface area contributed by atoms with Crippen molar-refractivity contribution in [1.29, 1.82) is 0 Å². The Balaban J connectivity index is 1.33. The van der Waals surface area contributed by atoms with E-state index in [1.54, 1.807) is 7.11 Å². The number of rotatable bonds is 6. The first-order valence-corrected chi connectivity index (χ1v) is 13.9. The number of piperazine rings is 1. The number of carbonyl (C=O) groups is 1. The summed E-state index contributed by atoms with van der Waals surface area (Å²) in [6.45, 7) is 3.91. The van der Waals surface area contributed by atoms with E-state index in [1.165, 1.54) is 16.9 Å². The monoisotopic (exact) mass is 534 g/mol. The van der Waals surface area contributed by atoms with E-state index < -0.39 is 0 Å². The van der Waals surface area contributed by atoms with Crippen LogP contribution in [-0.2, 0) is 6.54 Å². The summed E-state index contributed by atoms with van der Waals surface area (Å²) in [5.41, 5.74) is 12.4. The number of hydrogen-bond donors (Lipinski definition) is 1. The number of thiophene rings is 1. The van der Waals surface area contributed by atoms with Crippen molar-refractivity contribution in [3.05, 3.63) is 101 Å². The molecule has 0 atom stereocenters. The minimum atomic E-state index is -0.0168. The molecule has 0 radical (unpaired) electrons. The van der Waals surface area contributed by atoms with Gasteiger partial charge in [0.05, 0.1) is 18.5 Å². The molecule has 0 aliphatic carbocycles. The quantitative estimate of drug-likeness (QED) is 0.282. The predicted octanol–water partition coefficient (Wildman–Crippen LogP) is 6.18. The van der Waals surface area contributed by atoms with Crippen molar-refractivity contribution in [3.8, 4) is 28.1 Å². The summed E-state index contributed by atoms with van der Waals surface area (Å²) in [7, 11) is 1.66. The molecule has 1 aliphatic rings. The molecule has 0 saturated carbocycles. The van der Waals surface area contributed by atoms with Gasteiger partial charge in [-0.15, -0.1) is 11.3 Å². The largest absolute Gasteiger partial charge is 0.497 e. The Hall–Kier alpha value is -4.20. The maximum atomic E-state index is 13.7. The molecule has 196 valence electrons. The third kappa shape index (κ3) is 5.11. The number of pyridine rings is 1. The smallest absolute Gasteiger partial charge is 0.266 e. The van der Waals surface area contributed by atoms with Gasteiger partial charge in [-0.1, -0.05) is 72.8 Å². The zero-order chi connectivity index (χ0) is 26.8. The summed E-state index contributed by atoms with van der Waals surface area (Å²) < 4.78 is 5.36. The molecule has 0 spiro atoms. The van der Waals surface area contributed by atoms with E-state index in [0.29, 0.717) is 23.7 Å². The average Bonchev–Trinajstić information content (AvgIpc) is 3.34. The number of ether oxygens (including phenoxy) is 1. The molecule has 39 heavy (non-hydrogen) atoms. The lowest BCUT2D eigenvalue weighted by atomic mass is 9.99. The molecule has 6 nitrogen and oxygen atoms in total. The summed E-state index contributed by atoms with van der Waals surface area (Å²) in [5, 5.41) is 0.830. The van der Waals surface area contributed by atoms with Crippen LogP contribution in [0, 0.1) is 0 Å². The number of aromatic nitrogens is 1. The molecule has 7 heteroatoms. The van der Waals surface area contributed by atoms with Crippen molar-refractivity contribution in [2.24, 2.45) is 0 Å². The summed E-state index contributed by atoms with van der Waals surface area (Å²) >= 11 is 1.39. The summed E-state index contributed by atoms with van der Waals surface area (Å²) in [6, 6.07) is 30.5. The van der Waals surface area contributed by atoms with Gasteiger partial charge >= 0.3 is 0 Å². The maximum absolute atomic E-state index is 13.7. The molecule has 1 fully saturated rings. The fraction of sp³-hybridized carbons (Fsp3) is 0.188. The number of nitrogens with two attached hydrogens (primary N) is 1. The molecule has 2 N–H and O–H groups in total. The third-order valence-electron chi connectivity index (χ3n) is 7.27. The van der Waals surface area contributed by atoms with E-state index in [0.717, 1.165) is 58.0 Å². The highest BCUT2D eigenvalue weighted by Gasteiger charge is 2.27. The number of anilines is 1. The van der Waals surface area contributed by atoms with Gasteiger partial charge in [0.15, 0.2) is 0 Å². The SMILES string of the molecule is COc1ccc(-c2cc(-c3ccccc3)nc3sc(C(=O)N4CCN(Cc5ccccc5)CC4)c(N)c23)cc1. The molecule has 5 aromatic rings. The van der Waals surface area contributed by atoms with E-state index in [2.05, 4.69) is 35.2 Å². The average molecular weight is 535 g/mol. The first-order chi connectivity index (χ1) is 19.1. The van der Waals surface area contributed by atoms with Crippen LogP contribution < -0.4 is 10.5 Å². The molecule has 1 amide bonds. The minimum absolute atomic E-state index is 0.0168. The van der Waals surface area contributed by atoms with Crippen molar-refractivity contribution in [3.63, 3.8) is 0 Å². The van der Waals surface area contributed by atoms with Crippen LogP contribution in [0.4, 0.5) is 5.69 Å². The molecular formula is C32H30N4O2S. The first kappa shape index (κ1) is 25.1. The lowest BCUT2D eigenvalue weighted by Gasteiger charge is -2.34. The van der Waals surface area contributed by atoms with Gasteiger partial charge in [-0.3, -0.25) is 9.69 Å². The van der Waals surface area contributed by atoms with Gasteiger partial charge in [-0.25, -0.2) is 4.98 Å².